The summed E-state index contributed by atoms with van der Waals surface area (Å²) < 4.78 is 16.4. The Morgan fingerprint density at radius 3 is 1.11 bits per heavy atom. The van der Waals surface area contributed by atoms with Gasteiger partial charge >= 0.3 is 0 Å². The standard InChI is InChI=1S/C12H15N3O3/c13-7-1-4-10-16-11(5-2-8-14)18-12(17-10)6-3-9-15/h10-12H,1-6H2. The van der Waals surface area contributed by atoms with E-state index in [1.165, 1.54) is 0 Å². The van der Waals surface area contributed by atoms with Crippen molar-refractivity contribution in [1.82, 2.24) is 0 Å². The maximum atomic E-state index is 8.53. The Morgan fingerprint density at radius 1 is 0.611 bits per heavy atom. The second-order valence-corrected chi connectivity index (χ2v) is 3.79. The van der Waals surface area contributed by atoms with Crippen molar-refractivity contribution in [2.24, 2.45) is 0 Å². The molecule has 1 fully saturated rings. The minimum atomic E-state index is -0.495. The van der Waals surface area contributed by atoms with E-state index in [1.54, 1.807) is 0 Å². The monoisotopic (exact) mass is 249 g/mol. The molecule has 0 aliphatic carbocycles. The van der Waals surface area contributed by atoms with Gasteiger partial charge in [0.05, 0.1) is 18.2 Å². The number of nitriles is 3. The van der Waals surface area contributed by atoms with E-state index in [9.17, 15) is 0 Å². The number of hydrogen-bond acceptors (Lipinski definition) is 6. The Balaban J connectivity index is 2.47. The molecule has 1 saturated heterocycles. The van der Waals surface area contributed by atoms with Crippen LogP contribution in [0.25, 0.3) is 0 Å². The summed E-state index contributed by atoms with van der Waals surface area (Å²) in [6.07, 6.45) is 0.911. The Morgan fingerprint density at radius 2 is 0.889 bits per heavy atom. The van der Waals surface area contributed by atoms with Crippen LogP contribution in [0.5, 0.6) is 0 Å². The molecule has 6 heteroatoms. The number of nitrogens with zero attached hydrogens (tertiary/aromatic N) is 3. The molecule has 0 N–H and O–H groups in total. The summed E-state index contributed by atoms with van der Waals surface area (Å²) in [5, 5.41) is 25.6. The molecule has 1 rings (SSSR count). The molecule has 0 aromatic carbocycles. The molecule has 0 bridgehead atoms. The van der Waals surface area contributed by atoms with E-state index in [-0.39, 0.29) is 0 Å². The van der Waals surface area contributed by atoms with Gasteiger partial charge in [-0.25, -0.2) is 0 Å². The molecule has 0 radical (unpaired) electrons. The van der Waals surface area contributed by atoms with Crippen LogP contribution in [0.3, 0.4) is 0 Å². The number of rotatable bonds is 6. The highest BCUT2D eigenvalue weighted by Crippen LogP contribution is 2.24. The van der Waals surface area contributed by atoms with Crippen molar-refractivity contribution in [3.05, 3.63) is 0 Å². The van der Waals surface area contributed by atoms with Crippen LogP contribution in [0.4, 0.5) is 0 Å². The van der Waals surface area contributed by atoms with Gasteiger partial charge in [0.1, 0.15) is 0 Å². The van der Waals surface area contributed by atoms with Crippen LogP contribution in [-0.2, 0) is 14.2 Å². The summed E-state index contributed by atoms with van der Waals surface area (Å²) >= 11 is 0. The third kappa shape index (κ3) is 5.12. The molecule has 0 spiro atoms. The molecular formula is C12H15N3O3. The molecule has 96 valence electrons. The van der Waals surface area contributed by atoms with Crippen molar-refractivity contribution < 1.29 is 14.2 Å². The lowest BCUT2D eigenvalue weighted by Crippen LogP contribution is -2.40. The zero-order valence-corrected chi connectivity index (χ0v) is 10.0. The van der Waals surface area contributed by atoms with Crippen molar-refractivity contribution in [3.8, 4) is 18.2 Å². The predicted molar refractivity (Wildman–Crippen MR) is 59.2 cm³/mol. The molecule has 1 heterocycles. The molecule has 0 atom stereocenters. The molecule has 18 heavy (non-hydrogen) atoms. The molecule has 0 unspecified atom stereocenters. The molecule has 0 aromatic heterocycles. The van der Waals surface area contributed by atoms with E-state index in [2.05, 4.69) is 0 Å². The smallest absolute Gasteiger partial charge is 0.164 e. The van der Waals surface area contributed by atoms with E-state index in [0.29, 0.717) is 38.5 Å². The molecule has 6 nitrogen and oxygen atoms in total. The van der Waals surface area contributed by atoms with Crippen LogP contribution < -0.4 is 0 Å². The summed E-state index contributed by atoms with van der Waals surface area (Å²) in [5.41, 5.74) is 0. The highest BCUT2D eigenvalue weighted by atomic mass is 16.9. The lowest BCUT2D eigenvalue weighted by molar-refractivity contribution is -0.385. The van der Waals surface area contributed by atoms with Gasteiger partial charge in [-0.3, -0.25) is 0 Å². The first kappa shape index (κ1) is 14.4. The fraction of sp³-hybridized carbons (Fsp3) is 0.750. The van der Waals surface area contributed by atoms with Crippen LogP contribution in [0.2, 0.25) is 0 Å². The minimum Gasteiger partial charge on any atom is -0.324 e. The van der Waals surface area contributed by atoms with Gasteiger partial charge in [-0.2, -0.15) is 15.8 Å². The van der Waals surface area contributed by atoms with E-state index < -0.39 is 18.9 Å². The summed E-state index contributed by atoms with van der Waals surface area (Å²) in [6, 6.07) is 6.08. The Hall–Kier alpha value is -1.65. The average Bonchev–Trinajstić information content (AvgIpc) is 2.40. The van der Waals surface area contributed by atoms with E-state index in [4.69, 9.17) is 30.0 Å². The average molecular weight is 249 g/mol. The van der Waals surface area contributed by atoms with Crippen molar-refractivity contribution in [2.45, 2.75) is 57.4 Å². The first-order chi connectivity index (χ1) is 8.80. The van der Waals surface area contributed by atoms with E-state index in [0.717, 1.165) is 0 Å². The van der Waals surface area contributed by atoms with Gasteiger partial charge in [0.15, 0.2) is 18.9 Å². The second kappa shape index (κ2) is 8.44. The van der Waals surface area contributed by atoms with Gasteiger partial charge in [-0.1, -0.05) is 0 Å². The zero-order chi connectivity index (χ0) is 13.2. The van der Waals surface area contributed by atoms with Gasteiger partial charge in [-0.15, -0.1) is 0 Å². The van der Waals surface area contributed by atoms with E-state index in [1.807, 2.05) is 18.2 Å². The summed E-state index contributed by atoms with van der Waals surface area (Å²) in [6.45, 7) is 0. The number of hydrogen-bond donors (Lipinski definition) is 0. The Kier molecular flexibility index (Phi) is 6.76. The fourth-order valence-corrected chi connectivity index (χ4v) is 1.56. The third-order valence-corrected chi connectivity index (χ3v) is 2.39. The second-order valence-electron chi connectivity index (χ2n) is 3.79. The lowest BCUT2D eigenvalue weighted by Gasteiger charge is -2.35. The molecule has 0 saturated carbocycles. The van der Waals surface area contributed by atoms with Crippen molar-refractivity contribution in [2.75, 3.05) is 0 Å². The van der Waals surface area contributed by atoms with Gasteiger partial charge < -0.3 is 14.2 Å². The fourth-order valence-electron chi connectivity index (χ4n) is 1.56. The quantitative estimate of drug-likeness (QED) is 0.713. The first-order valence-electron chi connectivity index (χ1n) is 5.87. The van der Waals surface area contributed by atoms with Gasteiger partial charge in [0.25, 0.3) is 0 Å². The van der Waals surface area contributed by atoms with Gasteiger partial charge in [-0.05, 0) is 0 Å². The maximum absolute atomic E-state index is 8.53. The highest BCUT2D eigenvalue weighted by molar-refractivity contribution is 4.75. The summed E-state index contributed by atoms with van der Waals surface area (Å²) in [4.78, 5) is 0. The first-order valence-corrected chi connectivity index (χ1v) is 5.87. The zero-order valence-electron chi connectivity index (χ0n) is 10.0. The van der Waals surface area contributed by atoms with Crippen molar-refractivity contribution >= 4 is 0 Å². The van der Waals surface area contributed by atoms with Gasteiger partial charge in [0.2, 0.25) is 0 Å². The highest BCUT2D eigenvalue weighted by Gasteiger charge is 2.29. The van der Waals surface area contributed by atoms with Crippen molar-refractivity contribution in [3.63, 3.8) is 0 Å². The third-order valence-electron chi connectivity index (χ3n) is 2.39. The molecule has 0 amide bonds. The summed E-state index contributed by atoms with van der Waals surface area (Å²) in [5.74, 6) is 0. The molecular weight excluding hydrogens is 234 g/mol. The van der Waals surface area contributed by atoms with Crippen LogP contribution in [-0.4, -0.2) is 18.9 Å². The van der Waals surface area contributed by atoms with Crippen molar-refractivity contribution in [1.29, 1.82) is 15.8 Å². The largest absolute Gasteiger partial charge is 0.324 e. The number of ether oxygens (including phenoxy) is 3. The lowest BCUT2D eigenvalue weighted by atomic mass is 10.2. The normalized spacial score (nSPS) is 26.8. The predicted octanol–water partition coefficient (Wildman–Crippen LogP) is 1.94. The molecule has 0 aromatic rings. The SMILES string of the molecule is N#CCCC1OC(CCC#N)OC(CCC#N)O1. The van der Waals surface area contributed by atoms with Crippen LogP contribution >= 0.6 is 0 Å². The van der Waals surface area contributed by atoms with Gasteiger partial charge in [0, 0.05) is 38.5 Å². The van der Waals surface area contributed by atoms with Crippen LogP contribution in [0.15, 0.2) is 0 Å². The van der Waals surface area contributed by atoms with Crippen LogP contribution in [0.1, 0.15) is 38.5 Å². The minimum absolute atomic E-state index is 0.334. The van der Waals surface area contributed by atoms with E-state index >= 15 is 0 Å². The topological polar surface area (TPSA) is 99.1 Å². The van der Waals surface area contributed by atoms with Crippen LogP contribution in [0, 0.1) is 34.0 Å². The maximum Gasteiger partial charge on any atom is 0.164 e. The molecule has 1 aliphatic rings. The Labute approximate surface area is 106 Å². The summed E-state index contributed by atoms with van der Waals surface area (Å²) in [7, 11) is 0. The molecule has 1 aliphatic heterocycles. The Bertz CT molecular complexity index is 303.